The fourth-order valence-corrected chi connectivity index (χ4v) is 7.02. The Kier molecular flexibility index (Phi) is 10.7. The molecule has 0 aliphatic heterocycles. The van der Waals surface area contributed by atoms with E-state index < -0.39 is 24.0 Å². The lowest BCUT2D eigenvalue weighted by atomic mass is 10.1. The van der Waals surface area contributed by atoms with Gasteiger partial charge in [-0.25, -0.2) is 4.79 Å². The Morgan fingerprint density at radius 2 is 1.16 bits per heavy atom. The van der Waals surface area contributed by atoms with E-state index in [1.807, 2.05) is 18.2 Å². The van der Waals surface area contributed by atoms with Gasteiger partial charge >= 0.3 is 20.6 Å². The maximum atomic E-state index is 12.0. The first-order valence-corrected chi connectivity index (χ1v) is 16.0. The number of hydrogen-bond donors (Lipinski definition) is 3. The standard InChI is InChI=1S/C13H11NO5S.C9H7NO2S.C7H4BrNOS/c1-2-19-12(17)10(16)6-9(15)7-4-3-5-8-11(7)20-13(18)14-8;1-5(11)6-3-2-4-7-8(6)13-9(12)10-7;8-4-2-1-3-5-6(4)11-7(10)9-5/h3-5H,2,6H2,1H3,(H,14,18);2-4H,1H3,(H,10,12);1-3H,(H,9,10). The van der Waals surface area contributed by atoms with Crippen LogP contribution in [0.2, 0.25) is 0 Å². The van der Waals surface area contributed by atoms with Crippen LogP contribution in [0.1, 0.15) is 41.0 Å². The predicted octanol–water partition coefficient (Wildman–Crippen LogP) is 5.44. The Hall–Kier alpha value is -4.31. The number of Topliss-reactive ketones (excluding diaryl/α,β-unsaturated/α-hetero) is 3. The van der Waals surface area contributed by atoms with E-state index in [0.717, 1.165) is 47.6 Å². The van der Waals surface area contributed by atoms with Gasteiger partial charge in [-0.15, -0.1) is 0 Å². The summed E-state index contributed by atoms with van der Waals surface area (Å²) in [6, 6.07) is 15.8. The largest absolute Gasteiger partial charge is 0.460 e. The van der Waals surface area contributed by atoms with Crippen LogP contribution in [0.25, 0.3) is 30.6 Å². The first-order chi connectivity index (χ1) is 21.0. The molecule has 0 aliphatic carbocycles. The molecule has 3 aromatic heterocycles. The number of carbonyl (C=O) groups is 4. The molecule has 6 aromatic rings. The Bertz CT molecular complexity index is 2200. The number of rotatable bonds is 6. The number of hydrogen-bond acceptors (Lipinski definition) is 11. The Morgan fingerprint density at radius 3 is 1.66 bits per heavy atom. The van der Waals surface area contributed by atoms with Crippen LogP contribution in [0.5, 0.6) is 0 Å². The molecule has 0 amide bonds. The lowest BCUT2D eigenvalue weighted by molar-refractivity contribution is -0.153. The predicted molar refractivity (Wildman–Crippen MR) is 176 cm³/mol. The van der Waals surface area contributed by atoms with E-state index in [1.54, 1.807) is 37.3 Å². The smallest absolute Gasteiger partial charge is 0.375 e. The van der Waals surface area contributed by atoms with E-state index in [9.17, 15) is 33.6 Å². The van der Waals surface area contributed by atoms with Gasteiger partial charge in [-0.3, -0.25) is 28.8 Å². The number of thiazole rings is 3. The molecule has 0 saturated carbocycles. The minimum Gasteiger partial charge on any atom is -0.460 e. The molecule has 0 fully saturated rings. The van der Waals surface area contributed by atoms with Crippen LogP contribution in [0, 0.1) is 0 Å². The number of esters is 1. The molecule has 11 nitrogen and oxygen atoms in total. The van der Waals surface area contributed by atoms with Gasteiger partial charge in [-0.05, 0) is 66.2 Å². The molecular weight excluding hydrogens is 694 g/mol. The Labute approximate surface area is 267 Å². The van der Waals surface area contributed by atoms with Crippen molar-refractivity contribution in [3.63, 3.8) is 0 Å². The summed E-state index contributed by atoms with van der Waals surface area (Å²) >= 11 is 6.55. The van der Waals surface area contributed by atoms with E-state index >= 15 is 0 Å². The number of halogens is 1. The highest BCUT2D eigenvalue weighted by Gasteiger charge is 2.21. The molecule has 0 spiro atoms. The van der Waals surface area contributed by atoms with Crippen molar-refractivity contribution >= 4 is 104 Å². The van der Waals surface area contributed by atoms with Gasteiger partial charge in [0.15, 0.2) is 11.6 Å². The van der Waals surface area contributed by atoms with Crippen LogP contribution in [0.3, 0.4) is 0 Å². The third-order valence-corrected chi connectivity index (χ3v) is 9.51. The van der Waals surface area contributed by atoms with E-state index in [2.05, 4.69) is 35.6 Å². The van der Waals surface area contributed by atoms with Crippen molar-refractivity contribution in [3.8, 4) is 0 Å². The number of ketones is 3. The fourth-order valence-electron chi connectivity index (χ4n) is 3.91. The van der Waals surface area contributed by atoms with Crippen molar-refractivity contribution in [2.24, 2.45) is 0 Å². The SMILES string of the molecule is CC(=O)c1cccc2[nH]c(=O)sc12.CCOC(=O)C(=O)CC(=O)c1cccc2[nH]c(=O)sc12.O=c1[nH]c2cccc(Br)c2s1. The molecule has 6 rings (SSSR count). The number of carbonyl (C=O) groups excluding carboxylic acids is 4. The summed E-state index contributed by atoms with van der Waals surface area (Å²) in [6.45, 7) is 3.15. The first kappa shape index (κ1) is 32.6. The van der Waals surface area contributed by atoms with Gasteiger partial charge in [0.2, 0.25) is 5.78 Å². The Balaban J connectivity index is 0.000000159. The molecule has 0 unspecified atom stereocenters. The average Bonchev–Trinajstić information content (AvgIpc) is 3.67. The molecule has 0 bridgehead atoms. The normalized spacial score (nSPS) is 10.5. The maximum Gasteiger partial charge on any atom is 0.375 e. The van der Waals surface area contributed by atoms with Crippen LogP contribution in [-0.2, 0) is 14.3 Å². The quantitative estimate of drug-likeness (QED) is 0.0884. The summed E-state index contributed by atoms with van der Waals surface area (Å²) in [5.41, 5.74) is 3.04. The topological polar surface area (TPSA) is 176 Å². The molecule has 0 aliphatic rings. The van der Waals surface area contributed by atoms with Crippen LogP contribution < -0.4 is 14.6 Å². The average molecular weight is 717 g/mol. The lowest BCUT2D eigenvalue weighted by Gasteiger charge is -2.02. The summed E-state index contributed by atoms with van der Waals surface area (Å²) in [4.78, 5) is 86.7. The van der Waals surface area contributed by atoms with Crippen molar-refractivity contribution in [1.82, 2.24) is 15.0 Å². The van der Waals surface area contributed by atoms with E-state index in [1.165, 1.54) is 24.3 Å². The van der Waals surface area contributed by atoms with Gasteiger partial charge in [-0.1, -0.05) is 52.2 Å². The number of benzene rings is 3. The third-order valence-electron chi connectivity index (χ3n) is 5.80. The van der Waals surface area contributed by atoms with Crippen molar-refractivity contribution < 1.29 is 23.9 Å². The fraction of sp³-hybridized carbons (Fsp3) is 0.138. The maximum absolute atomic E-state index is 12.0. The monoisotopic (exact) mass is 715 g/mol. The number of aromatic nitrogens is 3. The number of aromatic amines is 3. The molecule has 0 atom stereocenters. The summed E-state index contributed by atoms with van der Waals surface area (Å²) in [6.07, 6.45) is -0.565. The van der Waals surface area contributed by atoms with Crippen molar-refractivity contribution in [3.05, 3.63) is 99.2 Å². The van der Waals surface area contributed by atoms with Crippen molar-refractivity contribution in [2.45, 2.75) is 20.3 Å². The first-order valence-electron chi connectivity index (χ1n) is 12.7. The van der Waals surface area contributed by atoms with E-state index in [-0.39, 0.29) is 32.6 Å². The van der Waals surface area contributed by atoms with Crippen molar-refractivity contribution in [1.29, 1.82) is 0 Å². The molecule has 15 heteroatoms. The van der Waals surface area contributed by atoms with E-state index in [4.69, 9.17) is 0 Å². The van der Waals surface area contributed by atoms with Gasteiger partial charge in [0.25, 0.3) is 0 Å². The summed E-state index contributed by atoms with van der Waals surface area (Å²) in [5, 5.41) is 0. The molecule has 3 aromatic carbocycles. The molecular formula is C29H22BrN3O8S3. The summed E-state index contributed by atoms with van der Waals surface area (Å²) in [5.74, 6) is -2.43. The van der Waals surface area contributed by atoms with Gasteiger partial charge in [0.1, 0.15) is 0 Å². The van der Waals surface area contributed by atoms with Gasteiger partial charge in [-0.2, -0.15) is 0 Å². The molecule has 0 saturated heterocycles. The molecule has 3 N–H and O–H groups in total. The van der Waals surface area contributed by atoms with Crippen LogP contribution in [-0.4, -0.2) is 44.9 Å². The second-order valence-electron chi connectivity index (χ2n) is 8.82. The second-order valence-corrected chi connectivity index (χ2v) is 12.6. The van der Waals surface area contributed by atoms with Crippen LogP contribution in [0.4, 0.5) is 0 Å². The lowest BCUT2D eigenvalue weighted by Crippen LogP contribution is -2.20. The zero-order valence-corrected chi connectivity index (χ0v) is 27.0. The highest BCUT2D eigenvalue weighted by Crippen LogP contribution is 2.24. The summed E-state index contributed by atoms with van der Waals surface area (Å²) in [7, 11) is 0. The van der Waals surface area contributed by atoms with Crippen molar-refractivity contribution in [2.75, 3.05) is 6.61 Å². The highest BCUT2D eigenvalue weighted by atomic mass is 79.9. The number of H-pyrrole nitrogens is 3. The Morgan fingerprint density at radius 1 is 0.705 bits per heavy atom. The molecule has 226 valence electrons. The molecule has 44 heavy (non-hydrogen) atoms. The van der Waals surface area contributed by atoms with E-state index in [0.29, 0.717) is 15.8 Å². The van der Waals surface area contributed by atoms with Crippen LogP contribution >= 0.6 is 49.9 Å². The van der Waals surface area contributed by atoms with Gasteiger partial charge < -0.3 is 19.7 Å². The summed E-state index contributed by atoms with van der Waals surface area (Å²) < 4.78 is 7.73. The van der Waals surface area contributed by atoms with Crippen LogP contribution in [0.15, 0.2) is 73.5 Å². The number of ether oxygens (including phenoxy) is 1. The molecule has 3 heterocycles. The minimum atomic E-state index is -1.02. The second kappa shape index (κ2) is 14.4. The third kappa shape index (κ3) is 7.79. The molecule has 0 radical (unpaired) electrons. The van der Waals surface area contributed by atoms with Gasteiger partial charge in [0.05, 0.1) is 43.7 Å². The number of nitrogens with one attached hydrogen (secondary N) is 3. The zero-order valence-electron chi connectivity index (χ0n) is 23.0. The van der Waals surface area contributed by atoms with Gasteiger partial charge in [0, 0.05) is 15.6 Å². The minimum absolute atomic E-state index is 0.00750. The highest BCUT2D eigenvalue weighted by molar-refractivity contribution is 9.10. The zero-order chi connectivity index (χ0) is 32.0. The number of fused-ring (bicyclic) bond motifs is 3.